The fourth-order valence-corrected chi connectivity index (χ4v) is 5.12. The lowest BCUT2D eigenvalue weighted by atomic mass is 9.88. The van der Waals surface area contributed by atoms with Crippen LogP contribution in [0.15, 0.2) is 18.5 Å². The van der Waals surface area contributed by atoms with Gasteiger partial charge < -0.3 is 9.64 Å². The van der Waals surface area contributed by atoms with Crippen LogP contribution in [0.2, 0.25) is 0 Å². The van der Waals surface area contributed by atoms with Gasteiger partial charge in [-0.15, -0.1) is 0 Å². The zero-order valence-electron chi connectivity index (χ0n) is 20.9. The predicted octanol–water partition coefficient (Wildman–Crippen LogP) is 4.98. The smallest absolute Gasteiger partial charge is 0.241 e. The molecule has 0 spiro atoms. The molecule has 2 fully saturated rings. The molecule has 4 heterocycles. The summed E-state index contributed by atoms with van der Waals surface area (Å²) in [6.07, 6.45) is 7.09. The number of hydrogen-bond donors (Lipinski definition) is 0. The van der Waals surface area contributed by atoms with Gasteiger partial charge in [0.25, 0.3) is 0 Å². The number of allylic oxidation sites excluding steroid dienone is 2. The second-order valence-corrected chi connectivity index (χ2v) is 10.4. The van der Waals surface area contributed by atoms with E-state index in [0.717, 1.165) is 22.5 Å². The third kappa shape index (κ3) is 4.47. The van der Waals surface area contributed by atoms with Crippen molar-refractivity contribution in [1.82, 2.24) is 29.7 Å². The van der Waals surface area contributed by atoms with Crippen molar-refractivity contribution in [3.8, 4) is 0 Å². The number of halogens is 2. The minimum atomic E-state index is -2.30. The fraction of sp³-hybridized carbons (Fsp3) is 0.577. The van der Waals surface area contributed by atoms with E-state index in [1.807, 2.05) is 37.7 Å². The van der Waals surface area contributed by atoms with Gasteiger partial charge in [-0.25, -0.2) is 23.7 Å². The molecule has 0 radical (unpaired) electrons. The first-order valence-corrected chi connectivity index (χ1v) is 12.8. The Balaban J connectivity index is 1.37. The minimum absolute atomic E-state index is 0.0256. The van der Waals surface area contributed by atoms with Gasteiger partial charge in [-0.2, -0.15) is 10.1 Å². The van der Waals surface area contributed by atoms with Crippen LogP contribution < -0.4 is 4.90 Å². The maximum Gasteiger partial charge on any atom is 0.241 e. The lowest BCUT2D eigenvalue weighted by Crippen LogP contribution is -2.43. The van der Waals surface area contributed by atoms with Gasteiger partial charge >= 0.3 is 0 Å². The quantitative estimate of drug-likeness (QED) is 0.494. The summed E-state index contributed by atoms with van der Waals surface area (Å²) in [5, 5.41) is 4.54. The maximum absolute atomic E-state index is 13.3. The van der Waals surface area contributed by atoms with Gasteiger partial charge in [0.2, 0.25) is 12.4 Å². The highest BCUT2D eigenvalue weighted by Crippen LogP contribution is 2.37. The van der Waals surface area contributed by atoms with Crippen molar-refractivity contribution in [2.45, 2.75) is 77.6 Å². The Bertz CT molecular complexity index is 1320. The fourth-order valence-electron chi connectivity index (χ4n) is 5.12. The molecule has 190 valence electrons. The Labute approximate surface area is 208 Å². The normalized spacial score (nSPS) is 25.0. The molecule has 0 bridgehead atoms. The summed E-state index contributed by atoms with van der Waals surface area (Å²) in [4.78, 5) is 21.4. The summed E-state index contributed by atoms with van der Waals surface area (Å²) in [6.45, 7) is 7.12. The van der Waals surface area contributed by atoms with Crippen molar-refractivity contribution in [2.24, 2.45) is 5.92 Å². The van der Waals surface area contributed by atoms with Crippen LogP contribution in [0.5, 0.6) is 0 Å². The van der Waals surface area contributed by atoms with Gasteiger partial charge in [0.1, 0.15) is 11.6 Å². The van der Waals surface area contributed by atoms with Gasteiger partial charge in [0.15, 0.2) is 5.65 Å². The zero-order chi connectivity index (χ0) is 25.0. The molecule has 1 unspecified atom stereocenters. The number of rotatable bonds is 5. The monoisotopic (exact) mass is 495 g/mol. The maximum atomic E-state index is 13.3. The molecule has 3 aliphatic rings. The van der Waals surface area contributed by atoms with Crippen molar-refractivity contribution in [3.63, 3.8) is 0 Å². The molecule has 6 rings (SSSR count). The van der Waals surface area contributed by atoms with Crippen LogP contribution >= 0.6 is 0 Å². The van der Waals surface area contributed by atoms with Gasteiger partial charge in [0.05, 0.1) is 42.0 Å². The molecule has 1 saturated carbocycles. The minimum Gasteiger partial charge on any atom is -0.367 e. The van der Waals surface area contributed by atoms with Crippen LogP contribution in [-0.2, 0) is 4.74 Å². The van der Waals surface area contributed by atoms with Crippen molar-refractivity contribution in [3.05, 3.63) is 41.1 Å². The molecule has 2 aliphatic carbocycles. The number of aryl methyl sites for hydroxylation is 2. The van der Waals surface area contributed by atoms with E-state index in [2.05, 4.69) is 16.2 Å². The summed E-state index contributed by atoms with van der Waals surface area (Å²) in [5.74, 6) is -0.0320. The van der Waals surface area contributed by atoms with Crippen LogP contribution in [0.1, 0.15) is 73.8 Å². The molecular formula is C26H31F2N7O. The topological polar surface area (TPSA) is 81.9 Å². The van der Waals surface area contributed by atoms with Crippen LogP contribution in [0.25, 0.3) is 16.7 Å². The highest BCUT2D eigenvalue weighted by molar-refractivity contribution is 5.86. The second kappa shape index (κ2) is 9.14. The summed E-state index contributed by atoms with van der Waals surface area (Å²) in [7, 11) is 0. The highest BCUT2D eigenvalue weighted by atomic mass is 19.3. The first kappa shape index (κ1) is 23.4. The van der Waals surface area contributed by atoms with E-state index in [-0.39, 0.29) is 12.2 Å². The Morgan fingerprint density at radius 1 is 1.03 bits per heavy atom. The van der Waals surface area contributed by atoms with Crippen molar-refractivity contribution < 1.29 is 13.5 Å². The number of hydrogen-bond acceptors (Lipinski definition) is 7. The molecule has 0 aromatic carbocycles. The average molecular weight is 496 g/mol. The molecule has 8 nitrogen and oxygen atoms in total. The summed E-state index contributed by atoms with van der Waals surface area (Å²) in [6, 6.07) is 0.515. The summed E-state index contributed by atoms with van der Waals surface area (Å²) in [5.41, 5.74) is 5.50. The third-order valence-corrected chi connectivity index (χ3v) is 7.50. The van der Waals surface area contributed by atoms with E-state index in [1.165, 1.54) is 12.8 Å². The molecule has 0 N–H and O–H groups in total. The van der Waals surface area contributed by atoms with Crippen LogP contribution in [0.3, 0.4) is 0 Å². The van der Waals surface area contributed by atoms with Gasteiger partial charge in [-0.05, 0) is 58.4 Å². The Hall–Kier alpha value is -3.01. The third-order valence-electron chi connectivity index (χ3n) is 7.50. The SMILES string of the molecule is Cc1nc2nc(N3C[C@H](C)O[C@@H](c4cnn(C5CC5)c4)C3)nc(C3=CCC(C(F)F)CC3)c2nc1C. The lowest BCUT2D eigenvalue weighted by Gasteiger charge is -2.36. The Morgan fingerprint density at radius 2 is 1.83 bits per heavy atom. The van der Waals surface area contributed by atoms with Crippen molar-refractivity contribution in [1.29, 1.82) is 0 Å². The van der Waals surface area contributed by atoms with Crippen molar-refractivity contribution in [2.75, 3.05) is 18.0 Å². The molecule has 3 aromatic heterocycles. The standard InChI is InChI=1S/C26H31F2N7O/c1-14-11-34(13-21(36-14)19-10-29-35(12-19)20-8-9-20)26-32-22(17-4-6-18(7-5-17)24(27)28)23-25(33-26)31-16(3)15(2)30-23/h4,10,12,14,18,20-21,24H,5-9,11,13H2,1-3H3/t14-,18?,21+/m0/s1. The number of aromatic nitrogens is 6. The molecule has 10 heteroatoms. The zero-order valence-corrected chi connectivity index (χ0v) is 20.9. The van der Waals surface area contributed by atoms with E-state index in [1.54, 1.807) is 0 Å². The molecule has 0 amide bonds. The van der Waals surface area contributed by atoms with Crippen LogP contribution in [-0.4, -0.2) is 55.3 Å². The number of nitrogens with zero attached hydrogens (tertiary/aromatic N) is 7. The van der Waals surface area contributed by atoms with E-state index in [4.69, 9.17) is 24.7 Å². The second-order valence-electron chi connectivity index (χ2n) is 10.4. The largest absolute Gasteiger partial charge is 0.367 e. The number of ether oxygens (including phenoxy) is 1. The first-order chi connectivity index (χ1) is 17.4. The Kier molecular flexibility index (Phi) is 5.94. The number of morpholine rings is 1. The number of fused-ring (bicyclic) bond motifs is 1. The van der Waals surface area contributed by atoms with Gasteiger partial charge in [-0.1, -0.05) is 6.08 Å². The lowest BCUT2D eigenvalue weighted by molar-refractivity contribution is -0.0178. The first-order valence-electron chi connectivity index (χ1n) is 12.8. The van der Waals surface area contributed by atoms with Crippen molar-refractivity contribution >= 4 is 22.7 Å². The number of alkyl halides is 2. The van der Waals surface area contributed by atoms with Crippen LogP contribution in [0, 0.1) is 19.8 Å². The molecular weight excluding hydrogens is 464 g/mol. The molecule has 1 saturated heterocycles. The van der Waals surface area contributed by atoms with Crippen LogP contribution in [0.4, 0.5) is 14.7 Å². The van der Waals surface area contributed by atoms with E-state index in [0.29, 0.717) is 61.2 Å². The molecule has 36 heavy (non-hydrogen) atoms. The highest BCUT2D eigenvalue weighted by Gasteiger charge is 2.32. The van der Waals surface area contributed by atoms with Gasteiger partial charge in [0, 0.05) is 24.2 Å². The molecule has 3 atom stereocenters. The Morgan fingerprint density at radius 3 is 2.56 bits per heavy atom. The summed E-state index contributed by atoms with van der Waals surface area (Å²) >= 11 is 0. The molecule has 1 aliphatic heterocycles. The van der Waals surface area contributed by atoms with E-state index < -0.39 is 12.3 Å². The van der Waals surface area contributed by atoms with E-state index >= 15 is 0 Å². The van der Waals surface area contributed by atoms with E-state index in [9.17, 15) is 8.78 Å². The summed E-state index contributed by atoms with van der Waals surface area (Å²) < 4.78 is 34.9. The molecule has 3 aromatic rings. The predicted molar refractivity (Wildman–Crippen MR) is 132 cm³/mol. The van der Waals surface area contributed by atoms with Gasteiger partial charge in [-0.3, -0.25) is 4.68 Å². The number of anilines is 1. The average Bonchev–Trinajstić information content (AvgIpc) is 3.60.